The highest BCUT2D eigenvalue weighted by Gasteiger charge is 2.09. The smallest absolute Gasteiger partial charge is 0.162 e. The molecule has 4 aromatic rings. The molecule has 0 unspecified atom stereocenters. The standard InChI is InChI=1S/C22H19N3O.BrH/c1-26-18-13-11-16(12-14-18)15-23-22-19-9-5-6-10-20(19)24-21(25-22)17-7-3-2-4-8-17;/h2-14H,15H2,1H3,(H,23,24,25);1H. The highest BCUT2D eigenvalue weighted by Crippen LogP contribution is 2.25. The molecular weight excluding hydrogens is 402 g/mol. The third kappa shape index (κ3) is 4.26. The van der Waals surface area contributed by atoms with Crippen LogP contribution >= 0.6 is 17.0 Å². The fourth-order valence-corrected chi connectivity index (χ4v) is 2.86. The average molecular weight is 422 g/mol. The minimum absolute atomic E-state index is 0. The van der Waals surface area contributed by atoms with Crippen molar-refractivity contribution in [3.63, 3.8) is 0 Å². The first-order valence-corrected chi connectivity index (χ1v) is 8.52. The second-order valence-corrected chi connectivity index (χ2v) is 5.98. The number of anilines is 1. The average Bonchev–Trinajstić information content (AvgIpc) is 2.73. The number of aromatic nitrogens is 2. The van der Waals surface area contributed by atoms with E-state index in [9.17, 15) is 0 Å². The first kappa shape index (κ1) is 18.9. The van der Waals surface area contributed by atoms with Crippen molar-refractivity contribution in [2.75, 3.05) is 12.4 Å². The Morgan fingerprint density at radius 2 is 1.52 bits per heavy atom. The van der Waals surface area contributed by atoms with Crippen molar-refractivity contribution in [2.24, 2.45) is 0 Å². The summed E-state index contributed by atoms with van der Waals surface area (Å²) >= 11 is 0. The lowest BCUT2D eigenvalue weighted by molar-refractivity contribution is 0.414. The van der Waals surface area contributed by atoms with Crippen molar-refractivity contribution in [2.45, 2.75) is 6.54 Å². The number of hydrogen-bond acceptors (Lipinski definition) is 4. The number of benzene rings is 3. The number of halogens is 1. The molecule has 0 bridgehead atoms. The van der Waals surface area contributed by atoms with Crippen LogP contribution in [0.5, 0.6) is 5.75 Å². The van der Waals surface area contributed by atoms with Gasteiger partial charge in [0.05, 0.1) is 12.6 Å². The Bertz CT molecular complexity index is 1020. The summed E-state index contributed by atoms with van der Waals surface area (Å²) in [4.78, 5) is 9.49. The van der Waals surface area contributed by atoms with Crippen LogP contribution in [0.25, 0.3) is 22.3 Å². The van der Waals surface area contributed by atoms with E-state index in [4.69, 9.17) is 14.7 Å². The maximum atomic E-state index is 5.21. The molecule has 3 aromatic carbocycles. The van der Waals surface area contributed by atoms with Crippen molar-refractivity contribution in [1.82, 2.24) is 9.97 Å². The molecule has 0 spiro atoms. The molecule has 4 nitrogen and oxygen atoms in total. The third-order valence-electron chi connectivity index (χ3n) is 4.25. The van der Waals surface area contributed by atoms with Crippen LogP contribution in [0, 0.1) is 0 Å². The van der Waals surface area contributed by atoms with E-state index in [1.807, 2.05) is 78.9 Å². The minimum atomic E-state index is 0. The molecule has 0 saturated heterocycles. The Labute approximate surface area is 169 Å². The second kappa shape index (κ2) is 8.64. The third-order valence-corrected chi connectivity index (χ3v) is 4.25. The summed E-state index contributed by atoms with van der Waals surface area (Å²) in [6.07, 6.45) is 0. The number of methoxy groups -OCH3 is 1. The molecular formula is C22H20BrN3O. The van der Waals surface area contributed by atoms with Crippen molar-refractivity contribution in [3.8, 4) is 17.1 Å². The molecule has 0 amide bonds. The van der Waals surface area contributed by atoms with Crippen LogP contribution in [0.2, 0.25) is 0 Å². The van der Waals surface area contributed by atoms with Gasteiger partial charge >= 0.3 is 0 Å². The monoisotopic (exact) mass is 421 g/mol. The molecule has 0 aliphatic rings. The topological polar surface area (TPSA) is 47.0 Å². The van der Waals surface area contributed by atoms with Crippen molar-refractivity contribution in [3.05, 3.63) is 84.4 Å². The van der Waals surface area contributed by atoms with Crippen LogP contribution in [-0.2, 0) is 6.54 Å². The van der Waals surface area contributed by atoms with Gasteiger partial charge in [0.1, 0.15) is 11.6 Å². The van der Waals surface area contributed by atoms with Gasteiger partial charge in [0.2, 0.25) is 0 Å². The number of hydrogen-bond donors (Lipinski definition) is 1. The molecule has 4 rings (SSSR count). The minimum Gasteiger partial charge on any atom is -0.497 e. The van der Waals surface area contributed by atoms with Gasteiger partial charge in [-0.15, -0.1) is 17.0 Å². The normalized spacial score (nSPS) is 10.3. The summed E-state index contributed by atoms with van der Waals surface area (Å²) in [5.41, 5.74) is 3.10. The van der Waals surface area contributed by atoms with Crippen LogP contribution < -0.4 is 10.1 Å². The Morgan fingerprint density at radius 1 is 0.815 bits per heavy atom. The van der Waals surface area contributed by atoms with Crippen molar-refractivity contribution in [1.29, 1.82) is 0 Å². The molecule has 0 aliphatic carbocycles. The lowest BCUT2D eigenvalue weighted by atomic mass is 10.1. The number of nitrogens with zero attached hydrogens (tertiary/aromatic N) is 2. The van der Waals surface area contributed by atoms with Crippen LogP contribution in [0.1, 0.15) is 5.56 Å². The summed E-state index contributed by atoms with van der Waals surface area (Å²) < 4.78 is 5.21. The number of nitrogens with one attached hydrogen (secondary N) is 1. The van der Waals surface area contributed by atoms with E-state index in [2.05, 4.69) is 5.32 Å². The molecule has 136 valence electrons. The lowest BCUT2D eigenvalue weighted by Crippen LogP contribution is -2.04. The number of ether oxygens (including phenoxy) is 1. The largest absolute Gasteiger partial charge is 0.497 e. The summed E-state index contributed by atoms with van der Waals surface area (Å²) in [6.45, 7) is 0.680. The molecule has 0 saturated carbocycles. The summed E-state index contributed by atoms with van der Waals surface area (Å²) in [6, 6.07) is 26.1. The quantitative estimate of drug-likeness (QED) is 0.462. The number of rotatable bonds is 5. The zero-order valence-electron chi connectivity index (χ0n) is 14.9. The molecule has 1 heterocycles. The van der Waals surface area contributed by atoms with Crippen LogP contribution in [-0.4, -0.2) is 17.1 Å². The SMILES string of the molecule is Br.COc1ccc(CNc2nc(-c3ccccc3)nc3ccccc23)cc1. The van der Waals surface area contributed by atoms with E-state index in [1.54, 1.807) is 7.11 Å². The van der Waals surface area contributed by atoms with Crippen LogP contribution in [0.4, 0.5) is 5.82 Å². The zero-order valence-corrected chi connectivity index (χ0v) is 16.6. The zero-order chi connectivity index (χ0) is 17.8. The molecule has 0 radical (unpaired) electrons. The fourth-order valence-electron chi connectivity index (χ4n) is 2.86. The molecule has 0 atom stereocenters. The van der Waals surface area contributed by atoms with Crippen LogP contribution in [0.15, 0.2) is 78.9 Å². The van der Waals surface area contributed by atoms with E-state index in [-0.39, 0.29) is 17.0 Å². The molecule has 5 heteroatoms. The predicted molar refractivity (Wildman–Crippen MR) is 116 cm³/mol. The predicted octanol–water partition coefficient (Wildman–Crippen LogP) is 5.50. The van der Waals surface area contributed by atoms with Gasteiger partial charge in [-0.3, -0.25) is 0 Å². The van der Waals surface area contributed by atoms with Gasteiger partial charge in [-0.1, -0.05) is 54.6 Å². The second-order valence-electron chi connectivity index (χ2n) is 5.98. The van der Waals surface area contributed by atoms with Crippen molar-refractivity contribution < 1.29 is 4.74 Å². The lowest BCUT2D eigenvalue weighted by Gasteiger charge is -2.11. The first-order valence-electron chi connectivity index (χ1n) is 8.52. The maximum Gasteiger partial charge on any atom is 0.162 e. The first-order chi connectivity index (χ1) is 12.8. The van der Waals surface area contributed by atoms with Gasteiger partial charge in [0.15, 0.2) is 5.82 Å². The van der Waals surface area contributed by atoms with Gasteiger partial charge in [0.25, 0.3) is 0 Å². The van der Waals surface area contributed by atoms with Crippen LogP contribution in [0.3, 0.4) is 0 Å². The van der Waals surface area contributed by atoms with Gasteiger partial charge < -0.3 is 10.1 Å². The Balaban J connectivity index is 0.00000210. The van der Waals surface area contributed by atoms with E-state index in [0.29, 0.717) is 6.54 Å². The van der Waals surface area contributed by atoms with Gasteiger partial charge in [-0.25, -0.2) is 9.97 Å². The molecule has 1 aromatic heterocycles. The number of fused-ring (bicyclic) bond motifs is 1. The maximum absolute atomic E-state index is 5.21. The van der Waals surface area contributed by atoms with E-state index in [0.717, 1.165) is 39.4 Å². The van der Waals surface area contributed by atoms with E-state index >= 15 is 0 Å². The van der Waals surface area contributed by atoms with Crippen molar-refractivity contribution >= 4 is 33.7 Å². The Morgan fingerprint density at radius 3 is 2.26 bits per heavy atom. The van der Waals surface area contributed by atoms with E-state index in [1.165, 1.54) is 0 Å². The Kier molecular flexibility index (Phi) is 6.04. The molecule has 0 aliphatic heterocycles. The Hall–Kier alpha value is -2.92. The summed E-state index contributed by atoms with van der Waals surface area (Å²) in [5.74, 6) is 2.42. The highest BCUT2D eigenvalue weighted by molar-refractivity contribution is 8.93. The summed E-state index contributed by atoms with van der Waals surface area (Å²) in [5, 5.41) is 4.47. The van der Waals surface area contributed by atoms with Gasteiger partial charge in [-0.05, 0) is 29.8 Å². The number of para-hydroxylation sites is 1. The van der Waals surface area contributed by atoms with E-state index < -0.39 is 0 Å². The van der Waals surface area contributed by atoms with Gasteiger partial charge in [0, 0.05) is 17.5 Å². The molecule has 27 heavy (non-hydrogen) atoms. The molecule has 0 fully saturated rings. The summed E-state index contributed by atoms with van der Waals surface area (Å²) in [7, 11) is 1.67. The molecule has 1 N–H and O–H groups in total. The highest BCUT2D eigenvalue weighted by atomic mass is 79.9. The fraction of sp³-hybridized carbons (Fsp3) is 0.0909. The van der Waals surface area contributed by atoms with Gasteiger partial charge in [-0.2, -0.15) is 0 Å².